The highest BCUT2D eigenvalue weighted by molar-refractivity contribution is 6.30. The monoisotopic (exact) mass is 453 g/mol. The van der Waals surface area contributed by atoms with Crippen molar-refractivity contribution >= 4 is 34.3 Å². The zero-order valence-electron chi connectivity index (χ0n) is 18.0. The minimum atomic E-state index is -0.804. The van der Waals surface area contributed by atoms with Crippen molar-refractivity contribution in [2.45, 2.75) is 44.8 Å². The molecule has 0 bridgehead atoms. The first-order chi connectivity index (χ1) is 15.4. The summed E-state index contributed by atoms with van der Waals surface area (Å²) >= 11 is 6.02. The predicted molar refractivity (Wildman–Crippen MR) is 121 cm³/mol. The lowest BCUT2D eigenvalue weighted by atomic mass is 9.84. The maximum atomic E-state index is 13.3. The summed E-state index contributed by atoms with van der Waals surface area (Å²) in [5, 5.41) is 4.15. The number of ketones is 1. The van der Waals surface area contributed by atoms with Crippen molar-refractivity contribution in [2.24, 2.45) is 0 Å². The molecule has 0 spiro atoms. The molecule has 2 aliphatic heterocycles. The Bertz CT molecular complexity index is 1210. The molecule has 166 valence electrons. The smallest absolute Gasteiger partial charge is 0.287 e. The molecule has 0 radical (unpaired) electrons. The Hall–Kier alpha value is -2.83. The molecule has 2 aliphatic rings. The summed E-state index contributed by atoms with van der Waals surface area (Å²) in [5.41, 5.74) is 1.67. The number of carbonyl (C=O) groups excluding carboxylic acids is 2. The largest absolute Gasteiger partial charge is 0.482 e. The summed E-state index contributed by atoms with van der Waals surface area (Å²) in [4.78, 5) is 26.1. The average Bonchev–Trinajstić information content (AvgIpc) is 3.40. The quantitative estimate of drug-likeness (QED) is 0.588. The number of carbonyl (C=O) groups is 2. The molecule has 3 aromatic rings. The second kappa shape index (κ2) is 7.94. The van der Waals surface area contributed by atoms with Crippen LogP contribution in [0.2, 0.25) is 5.02 Å². The number of rotatable bonds is 4. The Labute approximate surface area is 190 Å². The van der Waals surface area contributed by atoms with Crippen LogP contribution in [0.3, 0.4) is 0 Å². The summed E-state index contributed by atoms with van der Waals surface area (Å²) < 4.78 is 17.8. The fourth-order valence-corrected chi connectivity index (χ4v) is 4.76. The van der Waals surface area contributed by atoms with Crippen LogP contribution in [0.1, 0.15) is 58.2 Å². The van der Waals surface area contributed by atoms with Gasteiger partial charge >= 0.3 is 0 Å². The van der Waals surface area contributed by atoms with E-state index in [-0.39, 0.29) is 30.0 Å². The highest BCUT2D eigenvalue weighted by atomic mass is 35.5. The maximum absolute atomic E-state index is 13.3. The van der Waals surface area contributed by atoms with Gasteiger partial charge in [0.2, 0.25) is 0 Å². The number of fused-ring (bicyclic) bond motifs is 3. The first-order valence-electron chi connectivity index (χ1n) is 10.8. The van der Waals surface area contributed by atoms with Crippen molar-refractivity contribution in [3.63, 3.8) is 0 Å². The van der Waals surface area contributed by atoms with Crippen molar-refractivity contribution in [3.05, 3.63) is 63.9 Å². The first-order valence-corrected chi connectivity index (χ1v) is 11.2. The van der Waals surface area contributed by atoms with Crippen LogP contribution in [0.5, 0.6) is 5.75 Å². The number of Topliss-reactive ketones (excluding diaryl/α,β-unsaturated/α-hetero) is 1. The third kappa shape index (κ3) is 3.57. The molecule has 5 rings (SSSR count). The summed E-state index contributed by atoms with van der Waals surface area (Å²) in [5.74, 6) is 0.342. The molecule has 2 unspecified atom stereocenters. The van der Waals surface area contributed by atoms with Crippen molar-refractivity contribution in [1.82, 2.24) is 5.32 Å². The van der Waals surface area contributed by atoms with E-state index in [1.165, 1.54) is 0 Å². The number of benzene rings is 2. The molecule has 6 nitrogen and oxygen atoms in total. The maximum Gasteiger partial charge on any atom is 0.287 e. The molecular formula is C25H24ClNO5. The Morgan fingerprint density at radius 3 is 2.72 bits per heavy atom. The van der Waals surface area contributed by atoms with Gasteiger partial charge in [0, 0.05) is 29.1 Å². The van der Waals surface area contributed by atoms with Gasteiger partial charge in [0.25, 0.3) is 5.91 Å². The molecule has 0 saturated carbocycles. The van der Waals surface area contributed by atoms with E-state index in [0.717, 1.165) is 25.0 Å². The van der Waals surface area contributed by atoms with Crippen LogP contribution in [0, 0.1) is 6.92 Å². The molecular weight excluding hydrogens is 430 g/mol. The third-order valence-electron chi connectivity index (χ3n) is 6.34. The summed E-state index contributed by atoms with van der Waals surface area (Å²) in [6.07, 6.45) is 2.15. The topological polar surface area (TPSA) is 77.8 Å². The number of aryl methyl sites for hydroxylation is 1. The van der Waals surface area contributed by atoms with Gasteiger partial charge in [-0.05, 0) is 56.5 Å². The molecule has 32 heavy (non-hydrogen) atoms. The average molecular weight is 454 g/mol. The number of nitrogens with one attached hydrogen (secondary N) is 1. The van der Waals surface area contributed by atoms with Gasteiger partial charge in [0.15, 0.2) is 11.5 Å². The highest BCUT2D eigenvalue weighted by Gasteiger charge is 2.40. The molecule has 0 aliphatic carbocycles. The van der Waals surface area contributed by atoms with Crippen LogP contribution in [-0.4, -0.2) is 30.9 Å². The van der Waals surface area contributed by atoms with Gasteiger partial charge in [-0.15, -0.1) is 0 Å². The lowest BCUT2D eigenvalue weighted by molar-refractivity contribution is 0.0507. The van der Waals surface area contributed by atoms with Crippen molar-refractivity contribution < 1.29 is 23.5 Å². The Morgan fingerprint density at radius 2 is 2.00 bits per heavy atom. The van der Waals surface area contributed by atoms with Crippen LogP contribution < -0.4 is 10.1 Å². The Kier molecular flexibility index (Phi) is 5.22. The van der Waals surface area contributed by atoms with Gasteiger partial charge in [-0.2, -0.15) is 0 Å². The number of halogens is 1. The van der Waals surface area contributed by atoms with Gasteiger partial charge in [0.05, 0.1) is 18.1 Å². The van der Waals surface area contributed by atoms with Crippen molar-refractivity contribution in [1.29, 1.82) is 0 Å². The summed E-state index contributed by atoms with van der Waals surface area (Å²) in [6, 6.07) is 10.8. The lowest BCUT2D eigenvalue weighted by Gasteiger charge is -2.35. The van der Waals surface area contributed by atoms with Crippen LogP contribution in [0.15, 0.2) is 40.8 Å². The first kappa shape index (κ1) is 21.0. The van der Waals surface area contributed by atoms with E-state index in [4.69, 9.17) is 25.5 Å². The summed E-state index contributed by atoms with van der Waals surface area (Å²) in [7, 11) is 0. The van der Waals surface area contributed by atoms with E-state index in [1.807, 2.05) is 19.1 Å². The van der Waals surface area contributed by atoms with Gasteiger partial charge in [0.1, 0.15) is 16.9 Å². The number of ether oxygens (including phenoxy) is 2. The summed E-state index contributed by atoms with van der Waals surface area (Å²) in [6.45, 7) is 4.86. The van der Waals surface area contributed by atoms with Crippen LogP contribution in [-0.2, 0) is 10.3 Å². The number of hydrogen-bond acceptors (Lipinski definition) is 5. The van der Waals surface area contributed by atoms with Crippen LogP contribution in [0.4, 0.5) is 0 Å². The Balaban J connectivity index is 1.48. The van der Waals surface area contributed by atoms with Crippen molar-refractivity contribution in [2.75, 3.05) is 13.2 Å². The third-order valence-corrected chi connectivity index (χ3v) is 6.60. The minimum Gasteiger partial charge on any atom is -0.482 e. The molecule has 1 N–H and O–H groups in total. The van der Waals surface area contributed by atoms with Gasteiger partial charge in [-0.25, -0.2) is 0 Å². The van der Waals surface area contributed by atoms with Gasteiger partial charge < -0.3 is 19.2 Å². The number of hydrogen-bond donors (Lipinski definition) is 1. The van der Waals surface area contributed by atoms with Gasteiger partial charge in [-0.3, -0.25) is 9.59 Å². The SMILES string of the molecule is Cc1c(C(=O)NCC2CCCO2)oc2ccc3c(c12)C(=O)CC(C)(c1ccc(Cl)cc1)O3. The normalized spacial score (nSPS) is 22.6. The lowest BCUT2D eigenvalue weighted by Crippen LogP contribution is -2.36. The zero-order chi connectivity index (χ0) is 22.5. The fraction of sp³-hybridized carbons (Fsp3) is 0.360. The van der Waals surface area contributed by atoms with Crippen LogP contribution >= 0.6 is 11.6 Å². The molecule has 1 amide bonds. The van der Waals surface area contributed by atoms with E-state index in [1.54, 1.807) is 31.2 Å². The highest BCUT2D eigenvalue weighted by Crippen LogP contribution is 2.44. The zero-order valence-corrected chi connectivity index (χ0v) is 18.8. The predicted octanol–water partition coefficient (Wildman–Crippen LogP) is 5.18. The van der Waals surface area contributed by atoms with E-state index < -0.39 is 5.60 Å². The molecule has 3 heterocycles. The van der Waals surface area contributed by atoms with Crippen molar-refractivity contribution in [3.8, 4) is 5.75 Å². The van der Waals surface area contributed by atoms with E-state index in [2.05, 4.69) is 5.32 Å². The van der Waals surface area contributed by atoms with Gasteiger partial charge in [-0.1, -0.05) is 23.7 Å². The molecule has 1 aromatic heterocycles. The second-order valence-electron chi connectivity index (χ2n) is 8.65. The fourth-order valence-electron chi connectivity index (χ4n) is 4.63. The van der Waals surface area contributed by atoms with E-state index in [9.17, 15) is 9.59 Å². The number of amides is 1. The second-order valence-corrected chi connectivity index (χ2v) is 9.09. The van der Waals surface area contributed by atoms with E-state index >= 15 is 0 Å². The standard InChI is InChI=1S/C25H24ClNO5/c1-14-21-19(31-23(14)24(29)27-13-17-4-3-11-30-17)9-10-20-22(21)18(28)12-25(2,32-20)15-5-7-16(26)8-6-15/h5-10,17H,3-4,11-13H2,1-2H3,(H,27,29). The van der Waals surface area contributed by atoms with Crippen LogP contribution in [0.25, 0.3) is 11.0 Å². The molecule has 1 fully saturated rings. The molecule has 2 atom stereocenters. The van der Waals surface area contributed by atoms with E-state index in [0.29, 0.717) is 39.4 Å². The molecule has 7 heteroatoms. The number of furan rings is 1. The Morgan fingerprint density at radius 1 is 1.22 bits per heavy atom. The molecule has 2 aromatic carbocycles. The molecule has 1 saturated heterocycles. The minimum absolute atomic E-state index is 0.0388.